The largest absolute Gasteiger partial charge is 0.329 e. The van der Waals surface area contributed by atoms with Crippen LogP contribution in [0.1, 0.15) is 54.8 Å². The van der Waals surface area contributed by atoms with Gasteiger partial charge < -0.3 is 15.2 Å². The Kier molecular flexibility index (Phi) is 7.92. The van der Waals surface area contributed by atoms with E-state index in [0.717, 1.165) is 45.9 Å². The van der Waals surface area contributed by atoms with Crippen LogP contribution in [0.25, 0.3) is 11.8 Å². The molecule has 3 aromatic rings. The van der Waals surface area contributed by atoms with Crippen LogP contribution < -0.4 is 10.6 Å². The lowest BCUT2D eigenvalue weighted by Gasteiger charge is -2.13. The van der Waals surface area contributed by atoms with Crippen molar-refractivity contribution in [2.45, 2.75) is 53.4 Å². The minimum Gasteiger partial charge on any atom is -0.324 e. The van der Waals surface area contributed by atoms with E-state index in [1.54, 1.807) is 6.08 Å². The minimum atomic E-state index is -0.605. The monoisotopic (exact) mass is 498 g/mol. The highest BCUT2D eigenvalue weighted by Crippen LogP contribution is 2.25. The fraction of sp³-hybridized carbons (Fsp3) is 0.300. The normalized spacial score (nSPS) is 14.4. The number of hydrogen-bond acceptors (Lipinski definition) is 3. The first-order chi connectivity index (χ1) is 17.8. The van der Waals surface area contributed by atoms with Crippen molar-refractivity contribution in [2.24, 2.45) is 0 Å². The molecule has 7 nitrogen and oxygen atoms in total. The molecule has 0 spiro atoms. The molecule has 0 radical (unpaired) electrons. The molecule has 1 fully saturated rings. The van der Waals surface area contributed by atoms with E-state index < -0.39 is 17.8 Å². The average molecular weight is 499 g/mol. The number of rotatable bonds is 9. The number of imide groups is 1. The Morgan fingerprint density at radius 3 is 2.46 bits per heavy atom. The number of nitrogens with one attached hydrogen (secondary N) is 2. The Morgan fingerprint density at radius 2 is 1.76 bits per heavy atom. The molecule has 4 rings (SSSR count). The van der Waals surface area contributed by atoms with Crippen molar-refractivity contribution < 1.29 is 14.4 Å². The van der Waals surface area contributed by atoms with E-state index in [-0.39, 0.29) is 12.2 Å². The maximum absolute atomic E-state index is 13.0. The molecule has 37 heavy (non-hydrogen) atoms. The molecule has 1 aliphatic rings. The summed E-state index contributed by atoms with van der Waals surface area (Å²) in [6.45, 7) is 7.83. The smallest absolute Gasteiger partial charge is 0.324 e. The molecule has 0 bridgehead atoms. The molecule has 1 saturated heterocycles. The van der Waals surface area contributed by atoms with Gasteiger partial charge in [0.1, 0.15) is 12.2 Å². The lowest BCUT2D eigenvalue weighted by molar-refractivity contribution is -0.127. The molecular formula is C30H34N4O3. The highest BCUT2D eigenvalue weighted by Gasteiger charge is 2.35. The molecule has 0 atom stereocenters. The van der Waals surface area contributed by atoms with Crippen LogP contribution in [0.15, 0.2) is 60.3 Å². The Balaban J connectivity index is 1.50. The molecule has 2 heterocycles. The van der Waals surface area contributed by atoms with Gasteiger partial charge in [0, 0.05) is 22.8 Å². The number of carbonyl (C=O) groups excluding carboxylic acids is 3. The number of anilines is 1. The van der Waals surface area contributed by atoms with Gasteiger partial charge in [0.25, 0.3) is 5.91 Å². The molecule has 192 valence electrons. The van der Waals surface area contributed by atoms with E-state index in [4.69, 9.17) is 0 Å². The van der Waals surface area contributed by atoms with E-state index in [9.17, 15) is 14.4 Å². The van der Waals surface area contributed by atoms with Gasteiger partial charge in [-0.1, -0.05) is 50.6 Å². The lowest BCUT2D eigenvalue weighted by atomic mass is 10.1. The summed E-state index contributed by atoms with van der Waals surface area (Å²) in [4.78, 5) is 39.1. The standard InChI is InChI=1S/C30H34N4O3/c1-5-7-10-22-13-15-25(16-14-22)34-20(3)17-24(21(34)4)18-27-29(36)33(30(37)32-27)19-28(35)31-26-12-9-8-11-23(26)6-2/h8-9,11-18H,5-7,10,19H2,1-4H3,(H,31,35)(H,32,37)/b27-18+. The first-order valence-corrected chi connectivity index (χ1v) is 12.8. The molecule has 0 aliphatic carbocycles. The van der Waals surface area contributed by atoms with Gasteiger partial charge in [-0.05, 0) is 80.1 Å². The third kappa shape index (κ3) is 5.66. The van der Waals surface area contributed by atoms with Crippen LogP contribution in [0.4, 0.5) is 10.5 Å². The molecule has 1 aromatic heterocycles. The van der Waals surface area contributed by atoms with Crippen LogP contribution in [0.3, 0.4) is 0 Å². The van der Waals surface area contributed by atoms with Gasteiger partial charge in [-0.2, -0.15) is 0 Å². The predicted molar refractivity (Wildman–Crippen MR) is 147 cm³/mol. The van der Waals surface area contributed by atoms with E-state index in [0.29, 0.717) is 5.69 Å². The topological polar surface area (TPSA) is 83.4 Å². The number of carbonyl (C=O) groups is 3. The average Bonchev–Trinajstić information content (AvgIpc) is 3.32. The van der Waals surface area contributed by atoms with Crippen LogP contribution in [-0.4, -0.2) is 33.9 Å². The molecule has 0 saturated carbocycles. The number of aromatic nitrogens is 1. The molecule has 7 heteroatoms. The number of nitrogens with zero attached hydrogens (tertiary/aromatic N) is 2. The number of hydrogen-bond donors (Lipinski definition) is 2. The van der Waals surface area contributed by atoms with E-state index >= 15 is 0 Å². The zero-order valence-electron chi connectivity index (χ0n) is 21.9. The van der Waals surface area contributed by atoms with Crippen molar-refractivity contribution in [2.75, 3.05) is 11.9 Å². The summed E-state index contributed by atoms with van der Waals surface area (Å²) in [7, 11) is 0. The highest BCUT2D eigenvalue weighted by atomic mass is 16.2. The second kappa shape index (κ2) is 11.3. The number of amides is 4. The zero-order valence-corrected chi connectivity index (χ0v) is 21.9. The fourth-order valence-corrected chi connectivity index (χ4v) is 4.68. The number of aryl methyl sites for hydroxylation is 3. The molecule has 4 amide bonds. The molecular weight excluding hydrogens is 464 g/mol. The SMILES string of the molecule is CCCCc1ccc(-n2c(C)cc(/C=C3/NC(=O)N(CC(=O)Nc4ccccc4CC)C3=O)c2C)cc1. The Morgan fingerprint density at radius 1 is 1.03 bits per heavy atom. The van der Waals surface area contributed by atoms with Gasteiger partial charge in [-0.3, -0.25) is 9.59 Å². The van der Waals surface area contributed by atoms with Gasteiger partial charge in [0.15, 0.2) is 0 Å². The van der Waals surface area contributed by atoms with Gasteiger partial charge in [0.05, 0.1) is 0 Å². The van der Waals surface area contributed by atoms with Crippen molar-refractivity contribution in [3.8, 4) is 5.69 Å². The summed E-state index contributed by atoms with van der Waals surface area (Å²) >= 11 is 0. The summed E-state index contributed by atoms with van der Waals surface area (Å²) in [6, 6.07) is 17.4. The van der Waals surface area contributed by atoms with Crippen molar-refractivity contribution in [1.29, 1.82) is 0 Å². The third-order valence-corrected chi connectivity index (χ3v) is 6.72. The van der Waals surface area contributed by atoms with Gasteiger partial charge >= 0.3 is 6.03 Å². The third-order valence-electron chi connectivity index (χ3n) is 6.72. The van der Waals surface area contributed by atoms with Gasteiger partial charge in [-0.25, -0.2) is 9.69 Å². The fourth-order valence-electron chi connectivity index (χ4n) is 4.68. The number of unbranched alkanes of at least 4 members (excludes halogenated alkanes) is 1. The maximum Gasteiger partial charge on any atom is 0.329 e. The number of urea groups is 1. The zero-order chi connectivity index (χ0) is 26.5. The molecule has 1 aliphatic heterocycles. The number of para-hydroxylation sites is 1. The van der Waals surface area contributed by atoms with Crippen molar-refractivity contribution >= 4 is 29.6 Å². The Bertz CT molecular complexity index is 1350. The highest BCUT2D eigenvalue weighted by molar-refractivity contribution is 6.16. The lowest BCUT2D eigenvalue weighted by Crippen LogP contribution is -2.38. The minimum absolute atomic E-state index is 0.155. The Labute approximate surface area is 218 Å². The molecule has 0 unspecified atom stereocenters. The first-order valence-electron chi connectivity index (χ1n) is 12.8. The summed E-state index contributed by atoms with van der Waals surface area (Å²) < 4.78 is 2.13. The van der Waals surface area contributed by atoms with Crippen LogP contribution in [0.2, 0.25) is 0 Å². The maximum atomic E-state index is 13.0. The first kappa shape index (κ1) is 25.9. The van der Waals surface area contributed by atoms with Crippen LogP contribution >= 0.6 is 0 Å². The van der Waals surface area contributed by atoms with Crippen molar-refractivity contribution in [3.05, 3.63) is 88.4 Å². The van der Waals surface area contributed by atoms with Gasteiger partial charge in [-0.15, -0.1) is 0 Å². The quantitative estimate of drug-likeness (QED) is 0.301. The van der Waals surface area contributed by atoms with E-state index in [1.165, 1.54) is 18.4 Å². The van der Waals surface area contributed by atoms with Gasteiger partial charge in [0.2, 0.25) is 5.91 Å². The van der Waals surface area contributed by atoms with Crippen LogP contribution in [0.5, 0.6) is 0 Å². The van der Waals surface area contributed by atoms with E-state index in [2.05, 4.69) is 46.4 Å². The second-order valence-corrected chi connectivity index (χ2v) is 9.37. The summed E-state index contributed by atoms with van der Waals surface area (Å²) in [5.41, 5.74) is 7.00. The second-order valence-electron chi connectivity index (χ2n) is 9.37. The Hall–Kier alpha value is -4.13. The van der Waals surface area contributed by atoms with Crippen LogP contribution in [-0.2, 0) is 22.4 Å². The van der Waals surface area contributed by atoms with Crippen LogP contribution in [0, 0.1) is 13.8 Å². The van der Waals surface area contributed by atoms with Crippen molar-refractivity contribution in [3.63, 3.8) is 0 Å². The summed E-state index contributed by atoms with van der Waals surface area (Å²) in [5, 5.41) is 5.44. The summed E-state index contributed by atoms with van der Waals surface area (Å²) in [5.74, 6) is -0.944. The van der Waals surface area contributed by atoms with Crippen molar-refractivity contribution in [1.82, 2.24) is 14.8 Å². The number of benzene rings is 2. The summed E-state index contributed by atoms with van der Waals surface area (Å²) in [6.07, 6.45) is 5.84. The predicted octanol–water partition coefficient (Wildman–Crippen LogP) is 5.53. The molecule has 2 aromatic carbocycles. The molecule has 2 N–H and O–H groups in total. The van der Waals surface area contributed by atoms with E-state index in [1.807, 2.05) is 51.1 Å².